The van der Waals surface area contributed by atoms with Crippen molar-refractivity contribution in [1.29, 1.82) is 0 Å². The molecule has 0 bridgehead atoms. The van der Waals surface area contributed by atoms with Crippen molar-refractivity contribution in [1.82, 2.24) is 9.80 Å². The Morgan fingerprint density at radius 2 is 1.29 bits per heavy atom. The summed E-state index contributed by atoms with van der Waals surface area (Å²) in [6.45, 7) is 6.95. The van der Waals surface area contributed by atoms with Crippen LogP contribution in [0.2, 0.25) is 0 Å². The third-order valence-corrected chi connectivity index (χ3v) is 4.32. The van der Waals surface area contributed by atoms with E-state index in [4.69, 9.17) is 0 Å². The van der Waals surface area contributed by atoms with Crippen molar-refractivity contribution in [2.75, 3.05) is 26.2 Å². The Hall–Kier alpha value is -1.06. The molecule has 1 unspecified atom stereocenters. The number of carbonyl (C=O) groups excluding carboxylic acids is 2. The highest BCUT2D eigenvalue weighted by atomic mass is 16.2. The van der Waals surface area contributed by atoms with Crippen LogP contribution in [0.25, 0.3) is 0 Å². The van der Waals surface area contributed by atoms with Gasteiger partial charge in [-0.2, -0.15) is 0 Å². The summed E-state index contributed by atoms with van der Waals surface area (Å²) in [5.74, 6) is 1.76. The first kappa shape index (κ1) is 12.4. The minimum Gasteiger partial charge on any atom is -0.343 e. The van der Waals surface area contributed by atoms with Crippen LogP contribution in [0, 0.1) is 11.8 Å². The van der Waals surface area contributed by atoms with Gasteiger partial charge in [0, 0.05) is 40.0 Å². The highest BCUT2D eigenvalue weighted by Gasteiger charge is 2.32. The van der Waals surface area contributed by atoms with Gasteiger partial charge in [0.05, 0.1) is 0 Å². The van der Waals surface area contributed by atoms with Crippen molar-refractivity contribution in [3.8, 4) is 0 Å². The van der Waals surface area contributed by atoms with Gasteiger partial charge in [0.1, 0.15) is 0 Å². The molecule has 2 rings (SSSR count). The summed E-state index contributed by atoms with van der Waals surface area (Å²) < 4.78 is 0. The van der Waals surface area contributed by atoms with Crippen molar-refractivity contribution in [2.45, 2.75) is 33.1 Å². The van der Waals surface area contributed by atoms with E-state index >= 15 is 0 Å². The molecule has 2 aliphatic rings. The smallest absolute Gasteiger partial charge is 0.219 e. The van der Waals surface area contributed by atoms with E-state index in [2.05, 4.69) is 0 Å². The van der Waals surface area contributed by atoms with Gasteiger partial charge in [-0.15, -0.1) is 0 Å². The molecule has 0 aliphatic carbocycles. The lowest BCUT2D eigenvalue weighted by Gasteiger charge is -2.34. The topological polar surface area (TPSA) is 40.6 Å². The van der Waals surface area contributed by atoms with Crippen LogP contribution in [0.3, 0.4) is 0 Å². The maximum atomic E-state index is 11.3. The Kier molecular flexibility index (Phi) is 3.69. The zero-order chi connectivity index (χ0) is 12.4. The maximum absolute atomic E-state index is 11.3. The normalized spacial score (nSPS) is 26.4. The molecule has 0 aromatic heterocycles. The molecule has 4 heteroatoms. The molecule has 2 heterocycles. The number of hydrogen-bond acceptors (Lipinski definition) is 2. The standard InChI is InChI=1S/C13H22N2O2/c1-10(16)14-6-3-12(4-7-14)13-5-8-15(9-13)11(2)17/h12-13H,3-9H2,1-2H3. The van der Waals surface area contributed by atoms with Crippen molar-refractivity contribution < 1.29 is 9.59 Å². The Morgan fingerprint density at radius 1 is 0.824 bits per heavy atom. The zero-order valence-corrected chi connectivity index (χ0v) is 10.8. The molecule has 2 fully saturated rings. The summed E-state index contributed by atoms with van der Waals surface area (Å²) in [5, 5.41) is 0. The second kappa shape index (κ2) is 5.07. The van der Waals surface area contributed by atoms with E-state index in [0.717, 1.165) is 45.4 Å². The van der Waals surface area contributed by atoms with Crippen LogP contribution in [-0.4, -0.2) is 47.8 Å². The first-order valence-electron chi connectivity index (χ1n) is 6.59. The summed E-state index contributed by atoms with van der Waals surface area (Å²) in [6.07, 6.45) is 3.36. The molecular formula is C13H22N2O2. The molecule has 2 amide bonds. The van der Waals surface area contributed by atoms with Gasteiger partial charge in [0.15, 0.2) is 0 Å². The summed E-state index contributed by atoms with van der Waals surface area (Å²) in [4.78, 5) is 26.4. The SMILES string of the molecule is CC(=O)N1CCC(C2CCN(C(C)=O)C2)CC1. The van der Waals surface area contributed by atoms with Gasteiger partial charge in [-0.05, 0) is 31.1 Å². The second-order valence-corrected chi connectivity index (χ2v) is 5.36. The number of carbonyl (C=O) groups is 2. The predicted octanol–water partition coefficient (Wildman–Crippen LogP) is 1.11. The number of piperidine rings is 1. The Morgan fingerprint density at radius 3 is 1.76 bits per heavy atom. The molecule has 0 aromatic carbocycles. The van der Waals surface area contributed by atoms with Crippen LogP contribution in [0.1, 0.15) is 33.1 Å². The summed E-state index contributed by atoms with van der Waals surface area (Å²) >= 11 is 0. The number of hydrogen-bond donors (Lipinski definition) is 0. The van der Waals surface area contributed by atoms with E-state index in [1.165, 1.54) is 0 Å². The van der Waals surface area contributed by atoms with Crippen LogP contribution in [0.15, 0.2) is 0 Å². The van der Waals surface area contributed by atoms with E-state index in [1.54, 1.807) is 13.8 Å². The van der Waals surface area contributed by atoms with Crippen LogP contribution < -0.4 is 0 Å². The first-order valence-corrected chi connectivity index (χ1v) is 6.59. The lowest BCUT2D eigenvalue weighted by molar-refractivity contribution is -0.130. The third-order valence-electron chi connectivity index (χ3n) is 4.32. The zero-order valence-electron chi connectivity index (χ0n) is 10.8. The molecule has 0 N–H and O–H groups in total. The number of rotatable bonds is 1. The Labute approximate surface area is 103 Å². The van der Waals surface area contributed by atoms with E-state index < -0.39 is 0 Å². The lowest BCUT2D eigenvalue weighted by atomic mass is 9.84. The van der Waals surface area contributed by atoms with Crippen LogP contribution in [0.4, 0.5) is 0 Å². The van der Waals surface area contributed by atoms with Gasteiger partial charge >= 0.3 is 0 Å². The average Bonchev–Trinajstić information content (AvgIpc) is 2.78. The van der Waals surface area contributed by atoms with Crippen molar-refractivity contribution in [2.24, 2.45) is 11.8 Å². The Balaban J connectivity index is 1.82. The Bertz CT molecular complexity index is 309. The largest absolute Gasteiger partial charge is 0.343 e. The van der Waals surface area contributed by atoms with Gasteiger partial charge in [-0.25, -0.2) is 0 Å². The molecule has 1 atom stereocenters. The average molecular weight is 238 g/mol. The highest BCUT2D eigenvalue weighted by Crippen LogP contribution is 2.31. The minimum absolute atomic E-state index is 0.195. The van der Waals surface area contributed by atoms with Crippen LogP contribution in [0.5, 0.6) is 0 Å². The van der Waals surface area contributed by atoms with Crippen molar-refractivity contribution >= 4 is 11.8 Å². The van der Waals surface area contributed by atoms with E-state index in [-0.39, 0.29) is 11.8 Å². The molecule has 0 saturated carbocycles. The predicted molar refractivity (Wildman–Crippen MR) is 65.3 cm³/mol. The number of likely N-dealkylation sites (tertiary alicyclic amines) is 2. The summed E-state index contributed by atoms with van der Waals surface area (Å²) in [5.41, 5.74) is 0. The molecular weight excluding hydrogens is 216 g/mol. The van der Waals surface area contributed by atoms with Gasteiger partial charge in [0.25, 0.3) is 0 Å². The summed E-state index contributed by atoms with van der Waals surface area (Å²) in [7, 11) is 0. The fraction of sp³-hybridized carbons (Fsp3) is 0.846. The quantitative estimate of drug-likeness (QED) is 0.686. The maximum Gasteiger partial charge on any atom is 0.219 e. The van der Waals surface area contributed by atoms with Gasteiger partial charge in [-0.1, -0.05) is 0 Å². The number of nitrogens with zero attached hydrogens (tertiary/aromatic N) is 2. The van der Waals surface area contributed by atoms with Crippen LogP contribution in [-0.2, 0) is 9.59 Å². The minimum atomic E-state index is 0.195. The van der Waals surface area contributed by atoms with Crippen molar-refractivity contribution in [3.63, 3.8) is 0 Å². The van der Waals surface area contributed by atoms with E-state index in [0.29, 0.717) is 11.8 Å². The second-order valence-electron chi connectivity index (χ2n) is 5.36. The summed E-state index contributed by atoms with van der Waals surface area (Å²) in [6, 6.07) is 0. The molecule has 96 valence electrons. The van der Waals surface area contributed by atoms with Gasteiger partial charge in [0.2, 0.25) is 11.8 Å². The third kappa shape index (κ3) is 2.79. The molecule has 0 aromatic rings. The molecule has 0 radical (unpaired) electrons. The van der Waals surface area contributed by atoms with E-state index in [9.17, 15) is 9.59 Å². The molecule has 0 spiro atoms. The fourth-order valence-corrected chi connectivity index (χ4v) is 3.14. The van der Waals surface area contributed by atoms with Gasteiger partial charge in [-0.3, -0.25) is 9.59 Å². The van der Waals surface area contributed by atoms with Gasteiger partial charge < -0.3 is 9.80 Å². The van der Waals surface area contributed by atoms with E-state index in [1.807, 2.05) is 9.80 Å². The lowest BCUT2D eigenvalue weighted by Crippen LogP contribution is -2.39. The molecule has 17 heavy (non-hydrogen) atoms. The molecule has 2 saturated heterocycles. The molecule has 2 aliphatic heterocycles. The molecule has 4 nitrogen and oxygen atoms in total. The monoisotopic (exact) mass is 238 g/mol. The fourth-order valence-electron chi connectivity index (χ4n) is 3.14. The van der Waals surface area contributed by atoms with Crippen molar-refractivity contribution in [3.05, 3.63) is 0 Å². The van der Waals surface area contributed by atoms with Crippen LogP contribution >= 0.6 is 0 Å². The number of amides is 2. The highest BCUT2D eigenvalue weighted by molar-refractivity contribution is 5.73. The first-order chi connectivity index (χ1) is 8.08.